The maximum atomic E-state index is 12.3. The molecule has 142 valence electrons. The minimum atomic E-state index is -0.799. The summed E-state index contributed by atoms with van der Waals surface area (Å²) in [6.45, 7) is -0.538. The van der Waals surface area contributed by atoms with Gasteiger partial charge in [-0.15, -0.1) is 0 Å². The molecule has 8 nitrogen and oxygen atoms in total. The molecule has 1 aromatic heterocycles. The van der Waals surface area contributed by atoms with Crippen LogP contribution in [0.3, 0.4) is 0 Å². The normalized spacial score (nSPS) is 11.6. The third-order valence-electron chi connectivity index (χ3n) is 3.91. The van der Waals surface area contributed by atoms with Gasteiger partial charge in [0.1, 0.15) is 29.6 Å². The number of esters is 1. The lowest BCUT2D eigenvalue weighted by Gasteiger charge is -2.11. The van der Waals surface area contributed by atoms with E-state index in [-0.39, 0.29) is 33.4 Å². The van der Waals surface area contributed by atoms with E-state index in [0.29, 0.717) is 11.0 Å². The summed E-state index contributed by atoms with van der Waals surface area (Å²) in [5.74, 6) is -0.902. The number of carbonyl (C=O) groups is 1. The van der Waals surface area contributed by atoms with Crippen LogP contribution in [0, 0.1) is 11.3 Å². The predicted molar refractivity (Wildman–Crippen MR) is 104 cm³/mol. The number of H-pyrrole nitrogens is 1. The van der Waals surface area contributed by atoms with Gasteiger partial charge in [0, 0.05) is 6.07 Å². The number of anilines is 1. The monoisotopic (exact) mass is 398 g/mol. The Morgan fingerprint density at radius 1 is 1.39 bits per heavy atom. The quantitative estimate of drug-likeness (QED) is 0.259. The van der Waals surface area contributed by atoms with E-state index in [1.54, 1.807) is 18.2 Å². The van der Waals surface area contributed by atoms with Crippen LogP contribution in [0.1, 0.15) is 16.2 Å². The predicted octanol–water partition coefficient (Wildman–Crippen LogP) is 3.46. The summed E-state index contributed by atoms with van der Waals surface area (Å²) >= 11 is 5.94. The van der Waals surface area contributed by atoms with Crippen LogP contribution >= 0.6 is 11.6 Å². The number of ether oxygens (including phenoxy) is 2. The molecule has 28 heavy (non-hydrogen) atoms. The van der Waals surface area contributed by atoms with Crippen LogP contribution in [-0.4, -0.2) is 34.8 Å². The molecule has 0 aliphatic heterocycles. The van der Waals surface area contributed by atoms with Gasteiger partial charge in [-0.3, -0.25) is 0 Å². The Bertz CT molecular complexity index is 1100. The Kier molecular flexibility index (Phi) is 5.38. The van der Waals surface area contributed by atoms with Crippen LogP contribution < -0.4 is 10.5 Å². The van der Waals surface area contributed by atoms with Gasteiger partial charge in [0.15, 0.2) is 11.6 Å². The SMILES string of the molecule is COc1cc(N)c(Cl)cc1C(=O)OC/C(O)=C(\C#N)c1nc2ccccc2[nH]1. The zero-order valence-electron chi connectivity index (χ0n) is 14.7. The number of hydrogen-bond donors (Lipinski definition) is 3. The Balaban J connectivity index is 1.83. The number of aromatic amines is 1. The molecule has 3 aromatic rings. The van der Waals surface area contributed by atoms with Crippen LogP contribution in [0.4, 0.5) is 5.69 Å². The van der Waals surface area contributed by atoms with Gasteiger partial charge in [-0.1, -0.05) is 23.7 Å². The lowest BCUT2D eigenvalue weighted by atomic mass is 10.2. The molecular weight excluding hydrogens is 384 g/mol. The largest absolute Gasteiger partial charge is 0.507 e. The Morgan fingerprint density at radius 3 is 2.82 bits per heavy atom. The summed E-state index contributed by atoms with van der Waals surface area (Å²) in [7, 11) is 1.37. The van der Waals surface area contributed by atoms with Crippen molar-refractivity contribution in [3.05, 3.63) is 58.6 Å². The highest BCUT2D eigenvalue weighted by molar-refractivity contribution is 6.33. The lowest BCUT2D eigenvalue weighted by molar-refractivity contribution is 0.0499. The van der Waals surface area contributed by atoms with E-state index in [1.165, 1.54) is 19.2 Å². The summed E-state index contributed by atoms with van der Waals surface area (Å²) in [4.78, 5) is 19.5. The molecule has 0 aliphatic rings. The minimum absolute atomic E-state index is 0.0387. The standard InChI is InChI=1S/C19H15ClN4O4/c1-27-17-7-13(22)12(20)6-10(17)19(26)28-9-16(25)11(8-21)18-23-14-4-2-3-5-15(14)24-18/h2-7,25H,9,22H2,1H3,(H,23,24)/b16-11-. The number of halogens is 1. The van der Waals surface area contributed by atoms with E-state index in [1.807, 2.05) is 12.1 Å². The number of carbonyl (C=O) groups excluding carboxylic acids is 1. The van der Waals surface area contributed by atoms with Crippen LogP contribution in [0.5, 0.6) is 5.75 Å². The molecule has 0 radical (unpaired) electrons. The number of imidazole rings is 1. The van der Waals surface area contributed by atoms with Crippen molar-refractivity contribution in [1.82, 2.24) is 9.97 Å². The first-order valence-corrected chi connectivity index (χ1v) is 8.39. The van der Waals surface area contributed by atoms with Crippen molar-refractivity contribution in [3.8, 4) is 11.8 Å². The highest BCUT2D eigenvalue weighted by Crippen LogP contribution is 2.29. The molecular formula is C19H15ClN4O4. The van der Waals surface area contributed by atoms with Gasteiger partial charge in [0.2, 0.25) is 0 Å². The van der Waals surface area contributed by atoms with E-state index in [4.69, 9.17) is 26.8 Å². The number of nitrogen functional groups attached to an aromatic ring is 1. The maximum Gasteiger partial charge on any atom is 0.342 e. The smallest absolute Gasteiger partial charge is 0.342 e. The zero-order valence-corrected chi connectivity index (χ0v) is 15.4. The van der Waals surface area contributed by atoms with Crippen molar-refractivity contribution in [2.24, 2.45) is 0 Å². The molecule has 4 N–H and O–H groups in total. The van der Waals surface area contributed by atoms with Crippen molar-refractivity contribution >= 4 is 39.9 Å². The first-order valence-electron chi connectivity index (χ1n) is 8.02. The van der Waals surface area contributed by atoms with Crippen molar-refractivity contribution in [3.63, 3.8) is 0 Å². The third kappa shape index (κ3) is 3.70. The van der Waals surface area contributed by atoms with Gasteiger partial charge in [-0.2, -0.15) is 5.26 Å². The summed E-state index contributed by atoms with van der Waals surface area (Å²) in [6.07, 6.45) is 0. The fourth-order valence-electron chi connectivity index (χ4n) is 2.51. The molecule has 9 heteroatoms. The van der Waals surface area contributed by atoms with Crippen LogP contribution in [0.15, 0.2) is 42.2 Å². The number of fused-ring (bicyclic) bond motifs is 1. The molecule has 0 aliphatic carbocycles. The highest BCUT2D eigenvalue weighted by Gasteiger charge is 2.19. The molecule has 0 spiro atoms. The fraction of sp³-hybridized carbons (Fsp3) is 0.105. The summed E-state index contributed by atoms with van der Waals surface area (Å²) in [5.41, 5.74) is 7.17. The highest BCUT2D eigenvalue weighted by atomic mass is 35.5. The molecule has 2 aromatic carbocycles. The van der Waals surface area contributed by atoms with Crippen molar-refractivity contribution < 1.29 is 19.4 Å². The number of nitrogens with zero attached hydrogens (tertiary/aromatic N) is 2. The van der Waals surface area contributed by atoms with Gasteiger partial charge < -0.3 is 25.3 Å². The average Bonchev–Trinajstić information content (AvgIpc) is 3.12. The van der Waals surface area contributed by atoms with E-state index in [0.717, 1.165) is 0 Å². The van der Waals surface area contributed by atoms with E-state index in [2.05, 4.69) is 9.97 Å². The number of aromatic nitrogens is 2. The van der Waals surface area contributed by atoms with Crippen molar-refractivity contribution in [2.45, 2.75) is 0 Å². The number of aliphatic hydroxyl groups is 1. The Morgan fingerprint density at radius 2 is 2.14 bits per heavy atom. The first-order chi connectivity index (χ1) is 13.4. The fourth-order valence-corrected chi connectivity index (χ4v) is 2.67. The number of allylic oxidation sites excluding steroid dienone is 1. The number of nitriles is 1. The van der Waals surface area contributed by atoms with Crippen LogP contribution in [0.2, 0.25) is 5.02 Å². The molecule has 0 amide bonds. The van der Waals surface area contributed by atoms with E-state index in [9.17, 15) is 15.2 Å². The molecule has 1 heterocycles. The molecule has 0 bridgehead atoms. The Labute approximate surface area is 164 Å². The number of hydrogen-bond acceptors (Lipinski definition) is 7. The van der Waals surface area contributed by atoms with Gasteiger partial charge in [0.25, 0.3) is 0 Å². The number of rotatable bonds is 5. The second-order valence-corrected chi connectivity index (χ2v) is 6.09. The van der Waals surface area contributed by atoms with Gasteiger partial charge in [-0.05, 0) is 18.2 Å². The first kappa shape index (κ1) is 19.1. The number of nitrogens with two attached hydrogens (primary N) is 1. The average molecular weight is 399 g/mol. The molecule has 0 saturated carbocycles. The molecule has 3 rings (SSSR count). The van der Waals surface area contributed by atoms with E-state index >= 15 is 0 Å². The molecule has 0 atom stereocenters. The van der Waals surface area contributed by atoms with Gasteiger partial charge in [0.05, 0.1) is 28.9 Å². The molecule has 0 fully saturated rings. The third-order valence-corrected chi connectivity index (χ3v) is 4.23. The van der Waals surface area contributed by atoms with Gasteiger partial charge in [-0.25, -0.2) is 9.78 Å². The van der Waals surface area contributed by atoms with E-state index < -0.39 is 18.3 Å². The molecule has 0 saturated heterocycles. The molecule has 0 unspecified atom stereocenters. The minimum Gasteiger partial charge on any atom is -0.507 e. The lowest BCUT2D eigenvalue weighted by Crippen LogP contribution is -2.11. The number of aliphatic hydroxyl groups excluding tert-OH is 1. The Hall–Kier alpha value is -3.70. The van der Waals surface area contributed by atoms with Crippen molar-refractivity contribution in [1.29, 1.82) is 5.26 Å². The summed E-state index contributed by atoms with van der Waals surface area (Å²) in [5, 5.41) is 19.8. The summed E-state index contributed by atoms with van der Waals surface area (Å²) in [6, 6.07) is 11.7. The number of nitrogens with one attached hydrogen (secondary N) is 1. The number of para-hydroxylation sites is 2. The zero-order chi connectivity index (χ0) is 20.3. The van der Waals surface area contributed by atoms with Crippen LogP contribution in [-0.2, 0) is 4.74 Å². The maximum absolute atomic E-state index is 12.3. The van der Waals surface area contributed by atoms with Gasteiger partial charge >= 0.3 is 5.97 Å². The number of benzene rings is 2. The van der Waals surface area contributed by atoms with Crippen molar-refractivity contribution in [2.75, 3.05) is 19.5 Å². The second kappa shape index (κ2) is 7.90. The topological polar surface area (TPSA) is 134 Å². The second-order valence-electron chi connectivity index (χ2n) is 5.69. The van der Waals surface area contributed by atoms with Crippen LogP contribution in [0.25, 0.3) is 16.6 Å². The number of methoxy groups -OCH3 is 1. The summed E-state index contributed by atoms with van der Waals surface area (Å²) < 4.78 is 10.2.